The minimum absolute atomic E-state index is 0.136. The normalized spacial score (nSPS) is 17.1. The van der Waals surface area contributed by atoms with Crippen molar-refractivity contribution in [1.82, 2.24) is 19.9 Å². The third-order valence-electron chi connectivity index (χ3n) is 4.28. The van der Waals surface area contributed by atoms with Crippen LogP contribution in [-0.4, -0.2) is 33.7 Å². The van der Waals surface area contributed by atoms with Crippen molar-refractivity contribution in [1.29, 1.82) is 0 Å². The van der Waals surface area contributed by atoms with E-state index >= 15 is 0 Å². The summed E-state index contributed by atoms with van der Waals surface area (Å²) in [6.07, 6.45) is 7.15. The topological polar surface area (TPSA) is 71.9 Å². The van der Waals surface area contributed by atoms with Gasteiger partial charge in [0, 0.05) is 38.3 Å². The Morgan fingerprint density at radius 1 is 1.57 bits per heavy atom. The summed E-state index contributed by atoms with van der Waals surface area (Å²) in [5.41, 5.74) is 0.460. The number of nitrogens with one attached hydrogen (secondary N) is 2. The van der Waals surface area contributed by atoms with E-state index in [-0.39, 0.29) is 11.9 Å². The average molecular weight is 337 g/mol. The zero-order chi connectivity index (χ0) is 16.2. The van der Waals surface area contributed by atoms with Gasteiger partial charge in [0.05, 0.1) is 11.1 Å². The number of H-pyrrole nitrogens is 1. The fourth-order valence-corrected chi connectivity index (χ4v) is 3.19. The third kappa shape index (κ3) is 3.59. The summed E-state index contributed by atoms with van der Waals surface area (Å²) < 4.78 is 7.52. The molecule has 3 heterocycles. The predicted molar refractivity (Wildman–Crippen MR) is 87.5 cm³/mol. The second kappa shape index (κ2) is 7.19. The summed E-state index contributed by atoms with van der Waals surface area (Å²) in [6.45, 7) is 4.33. The van der Waals surface area contributed by atoms with Crippen LogP contribution < -0.4 is 5.32 Å². The summed E-state index contributed by atoms with van der Waals surface area (Å²) in [5.74, 6) is 1.04. The molecule has 1 fully saturated rings. The molecule has 1 unspecified atom stereocenters. The highest BCUT2D eigenvalue weighted by Crippen LogP contribution is 2.29. The van der Waals surface area contributed by atoms with E-state index in [0.717, 1.165) is 38.4 Å². The molecule has 0 saturated carbocycles. The van der Waals surface area contributed by atoms with Crippen LogP contribution in [0.2, 0.25) is 5.02 Å². The molecule has 0 radical (unpaired) electrons. The minimum atomic E-state index is -0.168. The fraction of sp³-hybridized carbons (Fsp3) is 0.500. The number of aryl methyl sites for hydroxylation is 1. The number of carbonyl (C=O) groups is 1. The zero-order valence-electron chi connectivity index (χ0n) is 13.1. The lowest BCUT2D eigenvalue weighted by Gasteiger charge is -2.30. The number of imidazole rings is 1. The molecule has 0 aromatic carbocycles. The van der Waals surface area contributed by atoms with Crippen molar-refractivity contribution in [2.75, 3.05) is 13.2 Å². The molecule has 1 saturated heterocycles. The molecular formula is C16H21ClN4O2. The van der Waals surface area contributed by atoms with E-state index < -0.39 is 0 Å². The van der Waals surface area contributed by atoms with Gasteiger partial charge in [-0.25, -0.2) is 4.98 Å². The van der Waals surface area contributed by atoms with Crippen LogP contribution in [0.3, 0.4) is 0 Å². The predicted octanol–water partition coefficient (Wildman–Crippen LogP) is 2.78. The summed E-state index contributed by atoms with van der Waals surface area (Å²) in [7, 11) is 0. The molecule has 1 amide bonds. The van der Waals surface area contributed by atoms with E-state index in [0.29, 0.717) is 16.6 Å². The van der Waals surface area contributed by atoms with Crippen LogP contribution in [0.25, 0.3) is 0 Å². The minimum Gasteiger partial charge on any atom is -0.381 e. The first-order valence-electron chi connectivity index (χ1n) is 7.92. The van der Waals surface area contributed by atoms with Crippen molar-refractivity contribution in [2.24, 2.45) is 5.92 Å². The van der Waals surface area contributed by atoms with E-state index in [1.54, 1.807) is 18.5 Å². The molecule has 2 aromatic rings. The highest BCUT2D eigenvalue weighted by Gasteiger charge is 2.30. The van der Waals surface area contributed by atoms with Crippen LogP contribution in [0.15, 0.2) is 24.7 Å². The Morgan fingerprint density at radius 2 is 2.35 bits per heavy atom. The number of aromatic nitrogens is 3. The first-order chi connectivity index (χ1) is 11.2. The molecule has 6 nitrogen and oxygen atoms in total. The van der Waals surface area contributed by atoms with E-state index in [4.69, 9.17) is 16.3 Å². The summed E-state index contributed by atoms with van der Waals surface area (Å²) in [6, 6.07) is 1.49. The van der Waals surface area contributed by atoms with Crippen LogP contribution in [0.1, 0.15) is 42.1 Å². The van der Waals surface area contributed by atoms with Gasteiger partial charge in [-0.15, -0.1) is 0 Å². The first-order valence-corrected chi connectivity index (χ1v) is 8.30. The lowest BCUT2D eigenvalue weighted by Crippen LogP contribution is -2.37. The number of carbonyl (C=O) groups excluding carboxylic acids is 1. The molecule has 1 aliphatic rings. The van der Waals surface area contributed by atoms with Gasteiger partial charge in [-0.2, -0.15) is 0 Å². The molecule has 0 bridgehead atoms. The van der Waals surface area contributed by atoms with E-state index in [1.807, 2.05) is 6.20 Å². The van der Waals surface area contributed by atoms with Gasteiger partial charge in [-0.05, 0) is 31.7 Å². The molecular weight excluding hydrogens is 316 g/mol. The van der Waals surface area contributed by atoms with Crippen LogP contribution in [-0.2, 0) is 11.3 Å². The van der Waals surface area contributed by atoms with E-state index in [1.165, 1.54) is 0 Å². The SMILES string of the molecule is CCn1ccnc1C(NC(=O)c1cc(Cl)c[nH]1)C1CCOCC1. The molecule has 124 valence electrons. The van der Waals surface area contributed by atoms with Crippen LogP contribution in [0, 0.1) is 5.92 Å². The monoisotopic (exact) mass is 336 g/mol. The lowest BCUT2D eigenvalue weighted by molar-refractivity contribution is 0.0497. The molecule has 2 aromatic heterocycles. The smallest absolute Gasteiger partial charge is 0.268 e. The number of hydrogen-bond acceptors (Lipinski definition) is 3. The van der Waals surface area contributed by atoms with Crippen molar-refractivity contribution in [3.63, 3.8) is 0 Å². The van der Waals surface area contributed by atoms with Gasteiger partial charge >= 0.3 is 0 Å². The zero-order valence-corrected chi connectivity index (χ0v) is 13.8. The van der Waals surface area contributed by atoms with Gasteiger partial charge in [-0.1, -0.05) is 11.6 Å². The number of rotatable bonds is 5. The van der Waals surface area contributed by atoms with Crippen molar-refractivity contribution in [3.8, 4) is 0 Å². The Morgan fingerprint density at radius 3 is 3.00 bits per heavy atom. The Hall–Kier alpha value is -1.79. The Kier molecular flexibility index (Phi) is 5.03. The maximum atomic E-state index is 12.5. The summed E-state index contributed by atoms with van der Waals surface area (Å²) in [4.78, 5) is 19.9. The molecule has 0 spiro atoms. The number of halogens is 1. The van der Waals surface area contributed by atoms with Crippen molar-refractivity contribution in [2.45, 2.75) is 32.4 Å². The standard InChI is InChI=1S/C16H21ClN4O2/c1-2-21-6-5-18-15(21)14(11-3-7-23-8-4-11)20-16(22)13-9-12(17)10-19-13/h5-6,9-11,14,19H,2-4,7-8H2,1H3,(H,20,22). The van der Waals surface area contributed by atoms with Gasteiger partial charge in [0.25, 0.3) is 5.91 Å². The van der Waals surface area contributed by atoms with E-state index in [9.17, 15) is 4.79 Å². The number of nitrogens with zero attached hydrogens (tertiary/aromatic N) is 2. The fourth-order valence-electron chi connectivity index (χ4n) is 3.03. The lowest BCUT2D eigenvalue weighted by atomic mass is 9.91. The average Bonchev–Trinajstić information content (AvgIpc) is 3.21. The van der Waals surface area contributed by atoms with Crippen molar-refractivity contribution in [3.05, 3.63) is 41.2 Å². The summed E-state index contributed by atoms with van der Waals surface area (Å²) >= 11 is 5.89. The van der Waals surface area contributed by atoms with Gasteiger partial charge in [-0.3, -0.25) is 4.79 Å². The van der Waals surface area contributed by atoms with Gasteiger partial charge in [0.2, 0.25) is 0 Å². The molecule has 3 rings (SSSR count). The van der Waals surface area contributed by atoms with Crippen LogP contribution in [0.5, 0.6) is 0 Å². The molecule has 1 atom stereocenters. The number of aromatic amines is 1. The third-order valence-corrected chi connectivity index (χ3v) is 4.50. The van der Waals surface area contributed by atoms with Gasteiger partial charge in [0.1, 0.15) is 11.5 Å². The second-order valence-electron chi connectivity index (χ2n) is 5.70. The Bertz CT molecular complexity index is 661. The van der Waals surface area contributed by atoms with Crippen LogP contribution in [0.4, 0.5) is 0 Å². The molecule has 23 heavy (non-hydrogen) atoms. The van der Waals surface area contributed by atoms with Gasteiger partial charge < -0.3 is 19.6 Å². The molecule has 2 N–H and O–H groups in total. The molecule has 1 aliphatic heterocycles. The number of amides is 1. The quantitative estimate of drug-likeness (QED) is 0.881. The molecule has 7 heteroatoms. The Balaban J connectivity index is 1.84. The van der Waals surface area contributed by atoms with E-state index in [2.05, 4.69) is 26.8 Å². The molecule has 0 aliphatic carbocycles. The van der Waals surface area contributed by atoms with Crippen LogP contribution >= 0.6 is 11.6 Å². The maximum Gasteiger partial charge on any atom is 0.268 e. The second-order valence-corrected chi connectivity index (χ2v) is 6.14. The summed E-state index contributed by atoms with van der Waals surface area (Å²) in [5, 5.41) is 3.65. The van der Waals surface area contributed by atoms with Crippen molar-refractivity contribution < 1.29 is 9.53 Å². The first kappa shape index (κ1) is 16.1. The maximum absolute atomic E-state index is 12.5. The van der Waals surface area contributed by atoms with Crippen molar-refractivity contribution >= 4 is 17.5 Å². The highest BCUT2D eigenvalue weighted by atomic mass is 35.5. The highest BCUT2D eigenvalue weighted by molar-refractivity contribution is 6.30. The van der Waals surface area contributed by atoms with Gasteiger partial charge in [0.15, 0.2) is 0 Å². The number of hydrogen-bond donors (Lipinski definition) is 2. The number of ether oxygens (including phenoxy) is 1. The largest absolute Gasteiger partial charge is 0.381 e. The Labute approximate surface area is 140 Å².